The lowest BCUT2D eigenvalue weighted by molar-refractivity contribution is -0.384. The van der Waals surface area contributed by atoms with E-state index < -0.39 is 0 Å². The standard InChI is InChI=1S/C13H8NO2/c15-14(16)11-5-6-13-10(8-11)7-9-3-1-2-4-12(9)13/h1-8H. The van der Waals surface area contributed by atoms with Gasteiger partial charge in [-0.05, 0) is 28.3 Å². The number of nitro benzene ring substituents is 1. The van der Waals surface area contributed by atoms with Crippen LogP contribution in [0.3, 0.4) is 0 Å². The summed E-state index contributed by atoms with van der Waals surface area (Å²) in [7, 11) is 0. The van der Waals surface area contributed by atoms with Crippen molar-refractivity contribution in [2.45, 2.75) is 0 Å². The molecule has 1 aliphatic rings. The minimum atomic E-state index is -0.364. The first-order valence-corrected chi connectivity index (χ1v) is 4.98. The highest BCUT2D eigenvalue weighted by Crippen LogP contribution is 2.39. The van der Waals surface area contributed by atoms with Crippen LogP contribution < -0.4 is 0 Å². The van der Waals surface area contributed by atoms with Crippen LogP contribution in [0.15, 0.2) is 42.5 Å². The smallest absolute Gasteiger partial charge is 0.258 e. The number of hydrogen-bond donors (Lipinski definition) is 0. The Hall–Kier alpha value is -2.16. The Morgan fingerprint density at radius 2 is 1.69 bits per heavy atom. The first kappa shape index (κ1) is 9.09. The predicted molar refractivity (Wildman–Crippen MR) is 61.0 cm³/mol. The topological polar surface area (TPSA) is 43.1 Å². The molecule has 3 nitrogen and oxygen atoms in total. The minimum Gasteiger partial charge on any atom is -0.258 e. The largest absolute Gasteiger partial charge is 0.269 e. The van der Waals surface area contributed by atoms with Crippen LogP contribution in [0.25, 0.3) is 11.1 Å². The molecule has 1 aliphatic carbocycles. The van der Waals surface area contributed by atoms with Gasteiger partial charge >= 0.3 is 0 Å². The number of nitrogens with zero attached hydrogens (tertiary/aromatic N) is 1. The van der Waals surface area contributed by atoms with Crippen LogP contribution in [0.5, 0.6) is 0 Å². The van der Waals surface area contributed by atoms with Crippen LogP contribution in [-0.4, -0.2) is 4.92 Å². The zero-order valence-electron chi connectivity index (χ0n) is 8.38. The average Bonchev–Trinajstić information content (AvgIpc) is 2.66. The van der Waals surface area contributed by atoms with Crippen molar-refractivity contribution >= 4 is 5.69 Å². The molecule has 0 saturated heterocycles. The highest BCUT2D eigenvalue weighted by molar-refractivity contribution is 5.81. The fourth-order valence-corrected chi connectivity index (χ4v) is 2.06. The van der Waals surface area contributed by atoms with E-state index >= 15 is 0 Å². The summed E-state index contributed by atoms with van der Waals surface area (Å²) in [6.07, 6.45) is 1.98. The predicted octanol–water partition coefficient (Wildman–Crippen LogP) is 3.18. The summed E-state index contributed by atoms with van der Waals surface area (Å²) in [5, 5.41) is 10.7. The van der Waals surface area contributed by atoms with Crippen LogP contribution in [0.1, 0.15) is 11.1 Å². The van der Waals surface area contributed by atoms with E-state index in [-0.39, 0.29) is 10.6 Å². The Labute approximate surface area is 92.5 Å². The van der Waals surface area contributed by atoms with Crippen LogP contribution >= 0.6 is 0 Å². The van der Waals surface area contributed by atoms with Gasteiger partial charge in [-0.25, -0.2) is 0 Å². The van der Waals surface area contributed by atoms with Crippen LogP contribution in [0, 0.1) is 16.5 Å². The molecule has 0 heterocycles. The second-order valence-corrected chi connectivity index (χ2v) is 3.76. The summed E-state index contributed by atoms with van der Waals surface area (Å²) in [5.41, 5.74) is 4.41. The third-order valence-electron chi connectivity index (χ3n) is 2.81. The second-order valence-electron chi connectivity index (χ2n) is 3.76. The lowest BCUT2D eigenvalue weighted by atomic mass is 10.1. The number of hydrogen-bond acceptors (Lipinski definition) is 2. The van der Waals surface area contributed by atoms with E-state index in [4.69, 9.17) is 0 Å². The fourth-order valence-electron chi connectivity index (χ4n) is 2.06. The normalized spacial score (nSPS) is 12.0. The highest BCUT2D eigenvalue weighted by atomic mass is 16.6. The first-order chi connectivity index (χ1) is 7.75. The van der Waals surface area contributed by atoms with Gasteiger partial charge in [-0.3, -0.25) is 10.1 Å². The molecule has 0 aliphatic heterocycles. The Morgan fingerprint density at radius 1 is 0.938 bits per heavy atom. The number of nitro groups is 1. The summed E-state index contributed by atoms with van der Waals surface area (Å²) in [6.45, 7) is 0. The monoisotopic (exact) mass is 210 g/mol. The third-order valence-corrected chi connectivity index (χ3v) is 2.81. The summed E-state index contributed by atoms with van der Waals surface area (Å²) in [6, 6.07) is 13.0. The van der Waals surface area contributed by atoms with Crippen molar-refractivity contribution in [3.63, 3.8) is 0 Å². The molecular weight excluding hydrogens is 202 g/mol. The molecule has 2 aromatic carbocycles. The van der Waals surface area contributed by atoms with E-state index in [9.17, 15) is 10.1 Å². The van der Waals surface area contributed by atoms with E-state index in [1.165, 1.54) is 0 Å². The van der Waals surface area contributed by atoms with E-state index in [0.717, 1.165) is 22.3 Å². The molecule has 2 aromatic rings. The number of fused-ring (bicyclic) bond motifs is 3. The molecule has 0 atom stereocenters. The lowest BCUT2D eigenvalue weighted by Gasteiger charge is -1.99. The molecule has 0 amide bonds. The van der Waals surface area contributed by atoms with Gasteiger partial charge in [-0.1, -0.05) is 24.3 Å². The molecule has 16 heavy (non-hydrogen) atoms. The molecular formula is C13H8NO2. The van der Waals surface area contributed by atoms with Crippen LogP contribution in [0.2, 0.25) is 0 Å². The third kappa shape index (κ3) is 1.21. The van der Waals surface area contributed by atoms with Crippen molar-refractivity contribution in [2.75, 3.05) is 0 Å². The van der Waals surface area contributed by atoms with Gasteiger partial charge in [0.15, 0.2) is 0 Å². The molecule has 1 radical (unpaired) electrons. The fraction of sp³-hybridized carbons (Fsp3) is 0. The van der Waals surface area contributed by atoms with Crippen LogP contribution in [-0.2, 0) is 0 Å². The molecule has 3 heteroatoms. The highest BCUT2D eigenvalue weighted by Gasteiger charge is 2.20. The Kier molecular flexibility index (Phi) is 1.80. The Balaban J connectivity index is 2.18. The maximum atomic E-state index is 10.7. The van der Waals surface area contributed by atoms with Crippen LogP contribution in [0.4, 0.5) is 5.69 Å². The maximum Gasteiger partial charge on any atom is 0.269 e. The summed E-state index contributed by atoms with van der Waals surface area (Å²) < 4.78 is 0. The van der Waals surface area contributed by atoms with Crippen molar-refractivity contribution in [1.82, 2.24) is 0 Å². The molecule has 0 aromatic heterocycles. The minimum absolute atomic E-state index is 0.141. The van der Waals surface area contributed by atoms with Crippen molar-refractivity contribution in [3.05, 3.63) is 70.1 Å². The van der Waals surface area contributed by atoms with Gasteiger partial charge in [-0.2, -0.15) is 0 Å². The van der Waals surface area contributed by atoms with Gasteiger partial charge in [0.25, 0.3) is 5.69 Å². The molecule has 0 bridgehead atoms. The van der Waals surface area contributed by atoms with Crippen molar-refractivity contribution < 1.29 is 4.92 Å². The Bertz CT molecular complexity index is 590. The summed E-state index contributed by atoms with van der Waals surface area (Å²) in [4.78, 5) is 10.3. The first-order valence-electron chi connectivity index (χ1n) is 4.98. The van der Waals surface area contributed by atoms with Gasteiger partial charge in [0, 0.05) is 18.6 Å². The van der Waals surface area contributed by atoms with Crippen molar-refractivity contribution in [1.29, 1.82) is 0 Å². The quantitative estimate of drug-likeness (QED) is 0.457. The van der Waals surface area contributed by atoms with Gasteiger partial charge in [0.1, 0.15) is 0 Å². The van der Waals surface area contributed by atoms with Gasteiger partial charge in [0.2, 0.25) is 0 Å². The van der Waals surface area contributed by atoms with Gasteiger partial charge in [-0.15, -0.1) is 0 Å². The zero-order chi connectivity index (χ0) is 11.1. The average molecular weight is 210 g/mol. The number of non-ortho nitro benzene ring substituents is 1. The van der Waals surface area contributed by atoms with E-state index in [1.807, 2.05) is 36.8 Å². The molecule has 0 N–H and O–H groups in total. The van der Waals surface area contributed by atoms with Gasteiger partial charge in [0.05, 0.1) is 4.92 Å². The zero-order valence-corrected chi connectivity index (χ0v) is 8.38. The molecule has 0 saturated carbocycles. The molecule has 0 unspecified atom stereocenters. The number of rotatable bonds is 1. The molecule has 0 spiro atoms. The second kappa shape index (κ2) is 3.17. The Morgan fingerprint density at radius 3 is 2.50 bits per heavy atom. The lowest BCUT2D eigenvalue weighted by Crippen LogP contribution is -1.88. The van der Waals surface area contributed by atoms with Crippen molar-refractivity contribution in [2.24, 2.45) is 0 Å². The molecule has 77 valence electrons. The van der Waals surface area contributed by atoms with Gasteiger partial charge < -0.3 is 0 Å². The van der Waals surface area contributed by atoms with E-state index in [1.54, 1.807) is 12.1 Å². The molecule has 3 rings (SSSR count). The SMILES string of the molecule is O=[N+]([O-])c1ccc2c(c1)[CH]c1ccccc1-2. The summed E-state index contributed by atoms with van der Waals surface area (Å²) >= 11 is 0. The van der Waals surface area contributed by atoms with E-state index in [2.05, 4.69) is 0 Å². The number of benzene rings is 2. The van der Waals surface area contributed by atoms with Crippen molar-refractivity contribution in [3.8, 4) is 11.1 Å². The summed E-state index contributed by atoms with van der Waals surface area (Å²) in [5.74, 6) is 0. The van der Waals surface area contributed by atoms with E-state index in [0.29, 0.717) is 0 Å². The molecule has 0 fully saturated rings. The maximum absolute atomic E-state index is 10.7.